The summed E-state index contributed by atoms with van der Waals surface area (Å²) in [6.07, 6.45) is 4.10. The molecule has 1 aromatic carbocycles. The monoisotopic (exact) mass is 317 g/mol. The molecule has 1 aliphatic carbocycles. The fraction of sp³-hybridized carbons (Fsp3) is 0.556. The molecule has 0 bridgehead atoms. The maximum absolute atomic E-state index is 12.5. The highest BCUT2D eigenvalue weighted by atomic mass is 16.6. The summed E-state index contributed by atoms with van der Waals surface area (Å²) < 4.78 is 5.45. The Morgan fingerprint density at radius 1 is 1.13 bits per heavy atom. The predicted molar refractivity (Wildman–Crippen MR) is 84.8 cm³/mol. The van der Waals surface area contributed by atoms with Crippen LogP contribution in [0.15, 0.2) is 30.3 Å². The minimum atomic E-state index is -0.723. The van der Waals surface area contributed by atoms with E-state index in [9.17, 15) is 14.7 Å². The van der Waals surface area contributed by atoms with Crippen molar-refractivity contribution < 1.29 is 19.4 Å². The number of fused-ring (bicyclic) bond motifs is 1. The van der Waals surface area contributed by atoms with Crippen LogP contribution in [0.25, 0.3) is 0 Å². The Kier molecular flexibility index (Phi) is 4.84. The fourth-order valence-electron chi connectivity index (χ4n) is 3.99. The number of carbonyl (C=O) groups excluding carboxylic acids is 1. The smallest absolute Gasteiger partial charge is 0.410 e. The van der Waals surface area contributed by atoms with Crippen molar-refractivity contribution in [2.24, 2.45) is 11.8 Å². The number of carbonyl (C=O) groups is 2. The Labute approximate surface area is 136 Å². The fourth-order valence-corrected chi connectivity index (χ4v) is 3.99. The molecule has 0 aromatic heterocycles. The molecule has 124 valence electrons. The van der Waals surface area contributed by atoms with Crippen LogP contribution in [-0.2, 0) is 16.1 Å². The number of ether oxygens (including phenoxy) is 1. The topological polar surface area (TPSA) is 66.8 Å². The van der Waals surface area contributed by atoms with E-state index in [1.165, 1.54) is 0 Å². The second-order valence-electron chi connectivity index (χ2n) is 6.48. The van der Waals surface area contributed by atoms with Crippen molar-refractivity contribution >= 4 is 12.1 Å². The first-order valence-electron chi connectivity index (χ1n) is 8.37. The zero-order valence-electron chi connectivity index (χ0n) is 13.2. The minimum absolute atomic E-state index is 0.0156. The Bertz CT molecular complexity index is 559. The maximum Gasteiger partial charge on any atom is 0.410 e. The average molecular weight is 317 g/mol. The van der Waals surface area contributed by atoms with Gasteiger partial charge in [0.25, 0.3) is 0 Å². The van der Waals surface area contributed by atoms with Crippen LogP contribution in [0.4, 0.5) is 4.79 Å². The van der Waals surface area contributed by atoms with Gasteiger partial charge < -0.3 is 14.7 Å². The van der Waals surface area contributed by atoms with Crippen molar-refractivity contribution in [3.8, 4) is 0 Å². The molecule has 2 fully saturated rings. The van der Waals surface area contributed by atoms with Crippen molar-refractivity contribution in [1.29, 1.82) is 0 Å². The van der Waals surface area contributed by atoms with Crippen molar-refractivity contribution in [3.05, 3.63) is 35.9 Å². The summed E-state index contributed by atoms with van der Waals surface area (Å²) in [6, 6.07) is 9.62. The molecule has 1 saturated carbocycles. The van der Waals surface area contributed by atoms with Crippen LogP contribution in [-0.4, -0.2) is 34.7 Å². The Morgan fingerprint density at radius 2 is 1.87 bits per heavy atom. The molecular weight excluding hydrogens is 294 g/mol. The van der Waals surface area contributed by atoms with Crippen LogP contribution >= 0.6 is 0 Å². The zero-order valence-corrected chi connectivity index (χ0v) is 13.2. The van der Waals surface area contributed by atoms with Crippen LogP contribution in [0.1, 0.15) is 37.7 Å². The highest BCUT2D eigenvalue weighted by molar-refractivity contribution is 5.72. The summed E-state index contributed by atoms with van der Waals surface area (Å²) in [5, 5.41) is 9.42. The van der Waals surface area contributed by atoms with Crippen molar-refractivity contribution in [2.45, 2.75) is 44.8 Å². The zero-order chi connectivity index (χ0) is 16.2. The molecule has 1 heterocycles. The standard InChI is InChI=1S/C18H23NO4/c20-17(21)15-10-11-19(16-9-5-4-8-14(15)16)18(22)23-12-13-6-2-1-3-7-13/h1-3,6-7,14-16H,4-5,8-12H2,(H,20,21). The van der Waals surface area contributed by atoms with E-state index in [1.807, 2.05) is 30.3 Å². The van der Waals surface area contributed by atoms with Crippen LogP contribution in [0.2, 0.25) is 0 Å². The second kappa shape index (κ2) is 7.02. The second-order valence-corrected chi connectivity index (χ2v) is 6.48. The van der Waals surface area contributed by atoms with Crippen LogP contribution in [0.3, 0.4) is 0 Å². The van der Waals surface area contributed by atoms with Gasteiger partial charge in [-0.1, -0.05) is 43.2 Å². The molecule has 0 spiro atoms. The molecule has 0 radical (unpaired) electrons. The molecule has 23 heavy (non-hydrogen) atoms. The van der Waals surface area contributed by atoms with Gasteiger partial charge >= 0.3 is 12.1 Å². The third kappa shape index (κ3) is 3.49. The van der Waals surface area contributed by atoms with E-state index in [0.29, 0.717) is 13.0 Å². The lowest BCUT2D eigenvalue weighted by molar-refractivity contribution is -0.148. The normalized spacial score (nSPS) is 27.1. The number of amides is 1. The van der Waals surface area contributed by atoms with Crippen LogP contribution in [0, 0.1) is 11.8 Å². The Hall–Kier alpha value is -2.04. The first-order valence-corrected chi connectivity index (χ1v) is 8.37. The summed E-state index contributed by atoms with van der Waals surface area (Å²) in [4.78, 5) is 25.7. The molecular formula is C18H23NO4. The third-order valence-electron chi connectivity index (χ3n) is 5.14. The number of aliphatic carboxylic acids is 1. The lowest BCUT2D eigenvalue weighted by Crippen LogP contribution is -2.54. The number of piperidine rings is 1. The van der Waals surface area contributed by atoms with Gasteiger partial charge in [-0.25, -0.2) is 4.79 Å². The average Bonchev–Trinajstić information content (AvgIpc) is 2.59. The molecule has 3 rings (SSSR count). The van der Waals surface area contributed by atoms with E-state index < -0.39 is 5.97 Å². The molecule has 2 aliphatic rings. The number of carboxylic acid groups (broad SMARTS) is 1. The Balaban J connectivity index is 1.64. The Morgan fingerprint density at radius 3 is 2.61 bits per heavy atom. The molecule has 5 nitrogen and oxygen atoms in total. The number of nitrogens with zero attached hydrogens (tertiary/aromatic N) is 1. The highest BCUT2D eigenvalue weighted by Gasteiger charge is 2.44. The molecule has 1 amide bonds. The summed E-state index contributed by atoms with van der Waals surface area (Å²) in [5.74, 6) is -0.975. The largest absolute Gasteiger partial charge is 0.481 e. The summed E-state index contributed by atoms with van der Waals surface area (Å²) >= 11 is 0. The summed E-state index contributed by atoms with van der Waals surface area (Å²) in [6.45, 7) is 0.738. The summed E-state index contributed by atoms with van der Waals surface area (Å²) in [7, 11) is 0. The van der Waals surface area contributed by atoms with E-state index >= 15 is 0 Å². The first kappa shape index (κ1) is 15.8. The van der Waals surface area contributed by atoms with Gasteiger partial charge in [0.2, 0.25) is 0 Å². The number of hydrogen-bond donors (Lipinski definition) is 1. The molecule has 1 saturated heterocycles. The number of carboxylic acids is 1. The van der Waals surface area contributed by atoms with E-state index in [1.54, 1.807) is 4.90 Å². The lowest BCUT2D eigenvalue weighted by atomic mass is 9.72. The quantitative estimate of drug-likeness (QED) is 0.929. The number of benzene rings is 1. The van der Waals surface area contributed by atoms with Gasteiger partial charge in [-0.05, 0) is 30.7 Å². The molecule has 3 unspecified atom stereocenters. The van der Waals surface area contributed by atoms with E-state index in [4.69, 9.17) is 4.74 Å². The predicted octanol–water partition coefficient (Wildman–Crippen LogP) is 3.29. The van der Waals surface area contributed by atoms with Crippen molar-refractivity contribution in [1.82, 2.24) is 4.90 Å². The molecule has 1 aromatic rings. The molecule has 1 aliphatic heterocycles. The molecule has 3 atom stereocenters. The lowest BCUT2D eigenvalue weighted by Gasteiger charge is -2.46. The van der Waals surface area contributed by atoms with Crippen molar-refractivity contribution in [3.63, 3.8) is 0 Å². The SMILES string of the molecule is O=C(O)C1CCN(C(=O)OCc2ccccc2)C2CCCCC12. The minimum Gasteiger partial charge on any atom is -0.481 e. The number of hydrogen-bond acceptors (Lipinski definition) is 3. The van der Waals surface area contributed by atoms with Gasteiger partial charge in [-0.2, -0.15) is 0 Å². The van der Waals surface area contributed by atoms with Gasteiger partial charge in [-0.3, -0.25) is 4.79 Å². The molecule has 5 heteroatoms. The van der Waals surface area contributed by atoms with Crippen molar-refractivity contribution in [2.75, 3.05) is 6.54 Å². The van der Waals surface area contributed by atoms with E-state index in [-0.39, 0.29) is 30.6 Å². The maximum atomic E-state index is 12.5. The first-order chi connectivity index (χ1) is 11.2. The van der Waals surface area contributed by atoms with Crippen LogP contribution < -0.4 is 0 Å². The van der Waals surface area contributed by atoms with Gasteiger partial charge in [0.1, 0.15) is 6.61 Å². The summed E-state index contributed by atoms with van der Waals surface area (Å²) in [5.41, 5.74) is 0.960. The number of likely N-dealkylation sites (tertiary alicyclic amines) is 1. The van der Waals surface area contributed by atoms with Gasteiger partial charge in [-0.15, -0.1) is 0 Å². The number of rotatable bonds is 3. The van der Waals surface area contributed by atoms with E-state index in [0.717, 1.165) is 31.2 Å². The molecule has 1 N–H and O–H groups in total. The van der Waals surface area contributed by atoms with Crippen LogP contribution in [0.5, 0.6) is 0 Å². The van der Waals surface area contributed by atoms with Gasteiger partial charge in [0.05, 0.1) is 5.92 Å². The van der Waals surface area contributed by atoms with E-state index in [2.05, 4.69) is 0 Å². The third-order valence-corrected chi connectivity index (χ3v) is 5.14. The van der Waals surface area contributed by atoms with Gasteiger partial charge in [0.15, 0.2) is 0 Å². The van der Waals surface area contributed by atoms with Gasteiger partial charge in [0, 0.05) is 12.6 Å². The highest BCUT2D eigenvalue weighted by Crippen LogP contribution is 2.39.